The highest BCUT2D eigenvalue weighted by atomic mass is 16.7. The van der Waals surface area contributed by atoms with Crippen LogP contribution in [0.4, 0.5) is 0 Å². The minimum atomic E-state index is 0.346. The smallest absolute Gasteiger partial charge is 0.231 e. The molecule has 0 saturated carbocycles. The molecule has 1 heterocycles. The molecule has 3 nitrogen and oxygen atoms in total. The van der Waals surface area contributed by atoms with Gasteiger partial charge in [-0.1, -0.05) is 6.07 Å². The van der Waals surface area contributed by atoms with E-state index >= 15 is 0 Å². The number of hydrogen-bond donors (Lipinski definition) is 1. The second kappa shape index (κ2) is 3.26. The van der Waals surface area contributed by atoms with Crippen molar-refractivity contribution < 1.29 is 15.2 Å². The summed E-state index contributed by atoms with van der Waals surface area (Å²) in [7, 11) is 0. The zero-order valence-corrected chi connectivity index (χ0v) is 7.75. The van der Waals surface area contributed by atoms with E-state index in [1.807, 2.05) is 12.1 Å². The van der Waals surface area contributed by atoms with Crippen LogP contribution in [-0.4, -0.2) is 12.8 Å². The topological polar surface area (TPSA) is 46.1 Å². The lowest BCUT2D eigenvalue weighted by molar-refractivity contribution is -0.413. The maximum atomic E-state index is 5.28. The molecule has 0 radical (unpaired) electrons. The zero-order valence-electron chi connectivity index (χ0n) is 7.75. The molecule has 2 rings (SSSR count). The maximum absolute atomic E-state index is 5.28. The third kappa shape index (κ3) is 1.75. The van der Waals surface area contributed by atoms with Crippen LogP contribution in [0.25, 0.3) is 0 Å². The van der Waals surface area contributed by atoms with Gasteiger partial charge < -0.3 is 15.2 Å². The fourth-order valence-electron chi connectivity index (χ4n) is 1.47. The Bertz CT molecular complexity index is 310. The number of benzene rings is 1. The van der Waals surface area contributed by atoms with Gasteiger partial charge >= 0.3 is 0 Å². The van der Waals surface area contributed by atoms with Crippen molar-refractivity contribution in [3.63, 3.8) is 0 Å². The summed E-state index contributed by atoms with van der Waals surface area (Å²) < 4.78 is 10.5. The molecule has 0 aliphatic carbocycles. The minimum Gasteiger partial charge on any atom is -0.454 e. The van der Waals surface area contributed by atoms with E-state index in [-0.39, 0.29) is 0 Å². The molecule has 1 aromatic rings. The molecule has 1 atom stereocenters. The molecule has 3 N–H and O–H groups in total. The molecule has 0 amide bonds. The van der Waals surface area contributed by atoms with Gasteiger partial charge in [0.25, 0.3) is 0 Å². The van der Waals surface area contributed by atoms with Crippen LogP contribution in [0.1, 0.15) is 12.5 Å². The van der Waals surface area contributed by atoms with Crippen molar-refractivity contribution in [2.75, 3.05) is 6.79 Å². The molecule has 0 aromatic heterocycles. The Hall–Kier alpha value is -1.22. The molecule has 13 heavy (non-hydrogen) atoms. The fraction of sp³-hybridized carbons (Fsp3) is 0.400. The van der Waals surface area contributed by atoms with Gasteiger partial charge in [-0.2, -0.15) is 0 Å². The highest BCUT2D eigenvalue weighted by Gasteiger charge is 2.13. The van der Waals surface area contributed by atoms with Gasteiger partial charge in [0.05, 0.1) is 6.04 Å². The van der Waals surface area contributed by atoms with E-state index in [0.29, 0.717) is 12.8 Å². The summed E-state index contributed by atoms with van der Waals surface area (Å²) in [4.78, 5) is 0. The second-order valence-corrected chi connectivity index (χ2v) is 3.50. The van der Waals surface area contributed by atoms with Gasteiger partial charge in [-0.15, -0.1) is 0 Å². The van der Waals surface area contributed by atoms with Crippen LogP contribution >= 0.6 is 0 Å². The summed E-state index contributed by atoms with van der Waals surface area (Å²) >= 11 is 0. The molecule has 1 aromatic carbocycles. The van der Waals surface area contributed by atoms with Crippen LogP contribution in [0, 0.1) is 0 Å². The van der Waals surface area contributed by atoms with Crippen LogP contribution in [0.5, 0.6) is 11.5 Å². The normalized spacial score (nSPS) is 15.8. The first-order valence-corrected chi connectivity index (χ1v) is 4.47. The maximum Gasteiger partial charge on any atom is 0.231 e. The van der Waals surface area contributed by atoms with Crippen molar-refractivity contribution in [3.05, 3.63) is 23.8 Å². The number of hydrogen-bond acceptors (Lipinski definition) is 2. The number of rotatable bonds is 2. The largest absolute Gasteiger partial charge is 0.454 e. The molecule has 0 spiro atoms. The van der Waals surface area contributed by atoms with Crippen molar-refractivity contribution in [2.24, 2.45) is 0 Å². The van der Waals surface area contributed by atoms with Gasteiger partial charge in [-0.3, -0.25) is 0 Å². The van der Waals surface area contributed by atoms with Crippen molar-refractivity contribution in [2.45, 2.75) is 19.4 Å². The van der Waals surface area contributed by atoms with Crippen molar-refractivity contribution in [1.29, 1.82) is 0 Å². The highest BCUT2D eigenvalue weighted by molar-refractivity contribution is 5.44. The Morgan fingerprint density at radius 3 is 2.92 bits per heavy atom. The Labute approximate surface area is 77.5 Å². The molecule has 70 valence electrons. The lowest BCUT2D eigenvalue weighted by Crippen LogP contribution is -2.60. The van der Waals surface area contributed by atoms with E-state index in [9.17, 15) is 0 Å². The standard InChI is InChI=1S/C10H13NO2/c1-7(11)4-8-2-3-9-10(5-8)13-6-12-9/h2-3,5,7H,4,6,11H2,1H3/p+1. The molecule has 0 fully saturated rings. The van der Waals surface area contributed by atoms with Gasteiger partial charge in [-0.25, -0.2) is 0 Å². The summed E-state index contributed by atoms with van der Waals surface area (Å²) in [6.45, 7) is 2.45. The van der Waals surface area contributed by atoms with E-state index in [1.165, 1.54) is 5.56 Å². The lowest BCUT2D eigenvalue weighted by Gasteiger charge is -2.03. The highest BCUT2D eigenvalue weighted by Crippen LogP contribution is 2.32. The van der Waals surface area contributed by atoms with Crippen molar-refractivity contribution in [1.82, 2.24) is 0 Å². The first kappa shape index (κ1) is 8.38. The average molecular weight is 180 g/mol. The quantitative estimate of drug-likeness (QED) is 0.724. The molecule has 1 aliphatic rings. The third-order valence-corrected chi connectivity index (χ3v) is 2.02. The fourth-order valence-corrected chi connectivity index (χ4v) is 1.47. The van der Waals surface area contributed by atoms with Gasteiger partial charge in [0.15, 0.2) is 11.5 Å². The van der Waals surface area contributed by atoms with E-state index < -0.39 is 0 Å². The van der Waals surface area contributed by atoms with Gasteiger partial charge in [-0.05, 0) is 24.6 Å². The molecule has 3 heteroatoms. The first-order chi connectivity index (χ1) is 6.25. The van der Waals surface area contributed by atoms with E-state index in [1.54, 1.807) is 0 Å². The minimum absolute atomic E-state index is 0.346. The Kier molecular flexibility index (Phi) is 2.10. The van der Waals surface area contributed by atoms with Gasteiger partial charge in [0, 0.05) is 6.42 Å². The Morgan fingerprint density at radius 1 is 1.38 bits per heavy atom. The van der Waals surface area contributed by atoms with Crippen LogP contribution in [0.15, 0.2) is 18.2 Å². The Balaban J connectivity index is 2.21. The summed E-state index contributed by atoms with van der Waals surface area (Å²) in [5.41, 5.74) is 5.21. The third-order valence-electron chi connectivity index (χ3n) is 2.02. The van der Waals surface area contributed by atoms with Crippen LogP contribution in [0.3, 0.4) is 0 Å². The molecule has 0 bridgehead atoms. The van der Waals surface area contributed by atoms with E-state index in [0.717, 1.165) is 17.9 Å². The van der Waals surface area contributed by atoms with E-state index in [4.69, 9.17) is 9.47 Å². The van der Waals surface area contributed by atoms with Crippen molar-refractivity contribution >= 4 is 0 Å². The predicted molar refractivity (Wildman–Crippen MR) is 48.6 cm³/mol. The SMILES string of the molecule is CC([NH3+])Cc1ccc2c(c1)OCO2. The van der Waals surface area contributed by atoms with Gasteiger partial charge in [0.2, 0.25) is 6.79 Å². The summed E-state index contributed by atoms with van der Waals surface area (Å²) in [5, 5.41) is 0. The van der Waals surface area contributed by atoms with Gasteiger partial charge in [0.1, 0.15) is 0 Å². The molecular weight excluding hydrogens is 166 g/mol. The molecular formula is C10H14NO2+. The number of fused-ring (bicyclic) bond motifs is 1. The number of quaternary nitrogens is 1. The summed E-state index contributed by atoms with van der Waals surface area (Å²) in [5.74, 6) is 1.71. The first-order valence-electron chi connectivity index (χ1n) is 4.47. The zero-order chi connectivity index (χ0) is 9.26. The van der Waals surface area contributed by atoms with Crippen LogP contribution in [-0.2, 0) is 6.42 Å². The molecule has 1 unspecified atom stereocenters. The van der Waals surface area contributed by atoms with Crippen molar-refractivity contribution in [3.8, 4) is 11.5 Å². The number of ether oxygens (including phenoxy) is 2. The van der Waals surface area contributed by atoms with Crippen LogP contribution in [0.2, 0.25) is 0 Å². The summed E-state index contributed by atoms with van der Waals surface area (Å²) in [6, 6.07) is 6.49. The second-order valence-electron chi connectivity index (χ2n) is 3.50. The monoisotopic (exact) mass is 180 g/mol. The molecule has 0 saturated heterocycles. The summed E-state index contributed by atoms with van der Waals surface area (Å²) in [6.07, 6.45) is 0.983. The van der Waals surface area contributed by atoms with E-state index in [2.05, 4.69) is 18.7 Å². The average Bonchev–Trinajstić information content (AvgIpc) is 2.49. The molecule has 1 aliphatic heterocycles. The van der Waals surface area contributed by atoms with Crippen LogP contribution < -0.4 is 15.2 Å². The Morgan fingerprint density at radius 2 is 2.15 bits per heavy atom. The predicted octanol–water partition coefficient (Wildman–Crippen LogP) is 0.588. The lowest BCUT2D eigenvalue weighted by atomic mass is 10.1.